The molecule has 3 rings (SSSR count). The van der Waals surface area contributed by atoms with Crippen molar-refractivity contribution in [3.8, 4) is 11.3 Å². The predicted molar refractivity (Wildman–Crippen MR) is 78.3 cm³/mol. The largest absolute Gasteiger partial charge is 0.478 e. The molecule has 0 fully saturated rings. The minimum absolute atomic E-state index is 0.0975. The SMILES string of the molecule is Cc1ccc2c(c1)-c1nc(C(C)C)c(C(=O)O)cc1C2. The fourth-order valence-corrected chi connectivity index (χ4v) is 2.82. The van der Waals surface area contributed by atoms with Gasteiger partial charge in [0.25, 0.3) is 0 Å². The van der Waals surface area contributed by atoms with Crippen molar-refractivity contribution >= 4 is 5.97 Å². The number of nitrogens with zero attached hydrogens (tertiary/aromatic N) is 1. The highest BCUT2D eigenvalue weighted by Crippen LogP contribution is 2.37. The van der Waals surface area contributed by atoms with E-state index >= 15 is 0 Å². The zero-order chi connectivity index (χ0) is 14.4. The van der Waals surface area contributed by atoms with Crippen molar-refractivity contribution in [1.82, 2.24) is 4.98 Å². The molecule has 3 nitrogen and oxygen atoms in total. The van der Waals surface area contributed by atoms with Crippen molar-refractivity contribution in [2.75, 3.05) is 0 Å². The number of benzene rings is 1. The van der Waals surface area contributed by atoms with Crippen molar-refractivity contribution < 1.29 is 9.90 Å². The van der Waals surface area contributed by atoms with E-state index in [0.29, 0.717) is 11.3 Å². The molecule has 1 aromatic carbocycles. The van der Waals surface area contributed by atoms with Gasteiger partial charge < -0.3 is 5.11 Å². The normalized spacial score (nSPS) is 12.4. The number of pyridine rings is 1. The van der Waals surface area contributed by atoms with Gasteiger partial charge in [0.05, 0.1) is 17.0 Å². The molecule has 1 aliphatic rings. The zero-order valence-corrected chi connectivity index (χ0v) is 11.9. The third-order valence-electron chi connectivity index (χ3n) is 3.81. The van der Waals surface area contributed by atoms with Crippen LogP contribution in [0.3, 0.4) is 0 Å². The molecule has 0 spiro atoms. The lowest BCUT2D eigenvalue weighted by Gasteiger charge is -2.11. The summed E-state index contributed by atoms with van der Waals surface area (Å²) in [5.74, 6) is -0.795. The fraction of sp³-hybridized carbons (Fsp3) is 0.294. The molecule has 1 aliphatic carbocycles. The highest BCUT2D eigenvalue weighted by Gasteiger charge is 2.25. The molecule has 0 saturated heterocycles. The number of carbonyl (C=O) groups is 1. The lowest BCUT2D eigenvalue weighted by atomic mass is 10.0. The van der Waals surface area contributed by atoms with Crippen molar-refractivity contribution in [2.24, 2.45) is 0 Å². The maximum atomic E-state index is 11.4. The van der Waals surface area contributed by atoms with E-state index in [2.05, 4.69) is 30.1 Å². The lowest BCUT2D eigenvalue weighted by molar-refractivity contribution is 0.0694. The van der Waals surface area contributed by atoms with Crippen LogP contribution in [0, 0.1) is 6.92 Å². The Balaban J connectivity index is 2.24. The van der Waals surface area contributed by atoms with Gasteiger partial charge >= 0.3 is 5.97 Å². The molecule has 0 saturated carbocycles. The summed E-state index contributed by atoms with van der Waals surface area (Å²) in [6.07, 6.45) is 0.774. The van der Waals surface area contributed by atoms with Gasteiger partial charge in [-0.3, -0.25) is 4.98 Å². The van der Waals surface area contributed by atoms with E-state index in [-0.39, 0.29) is 5.92 Å². The van der Waals surface area contributed by atoms with Crippen molar-refractivity contribution in [1.29, 1.82) is 0 Å². The number of aromatic nitrogens is 1. The van der Waals surface area contributed by atoms with E-state index in [0.717, 1.165) is 23.2 Å². The van der Waals surface area contributed by atoms with Gasteiger partial charge in [-0.2, -0.15) is 0 Å². The van der Waals surface area contributed by atoms with Crippen LogP contribution in [0.15, 0.2) is 24.3 Å². The Hall–Kier alpha value is -2.16. The molecule has 2 aromatic rings. The number of hydrogen-bond acceptors (Lipinski definition) is 2. The number of carboxylic acid groups (broad SMARTS) is 1. The van der Waals surface area contributed by atoms with E-state index < -0.39 is 5.97 Å². The maximum absolute atomic E-state index is 11.4. The van der Waals surface area contributed by atoms with Gasteiger partial charge in [0.1, 0.15) is 0 Å². The molecule has 102 valence electrons. The first kappa shape index (κ1) is 12.9. The summed E-state index contributed by atoms with van der Waals surface area (Å²) >= 11 is 0. The number of aromatic carboxylic acids is 1. The van der Waals surface area contributed by atoms with Crippen LogP contribution in [0.5, 0.6) is 0 Å². The van der Waals surface area contributed by atoms with E-state index in [1.807, 2.05) is 13.8 Å². The minimum atomic E-state index is -0.892. The summed E-state index contributed by atoms with van der Waals surface area (Å²) < 4.78 is 0. The molecule has 0 bridgehead atoms. The summed E-state index contributed by atoms with van der Waals surface area (Å²) in [6.45, 7) is 6.02. The molecule has 0 aliphatic heterocycles. The summed E-state index contributed by atoms with van der Waals surface area (Å²) in [7, 11) is 0. The Kier molecular flexibility index (Phi) is 2.85. The number of fused-ring (bicyclic) bond motifs is 3. The van der Waals surface area contributed by atoms with Crippen molar-refractivity contribution in [3.05, 3.63) is 52.2 Å². The summed E-state index contributed by atoms with van der Waals surface area (Å²) in [4.78, 5) is 16.1. The Morgan fingerprint density at radius 3 is 2.65 bits per heavy atom. The first-order chi connectivity index (χ1) is 9.47. The second kappa shape index (κ2) is 4.44. The third kappa shape index (κ3) is 1.90. The van der Waals surface area contributed by atoms with Crippen molar-refractivity contribution in [2.45, 2.75) is 33.1 Å². The van der Waals surface area contributed by atoms with Gasteiger partial charge in [-0.15, -0.1) is 0 Å². The minimum Gasteiger partial charge on any atom is -0.478 e. The molecule has 0 amide bonds. The van der Waals surface area contributed by atoms with E-state index in [9.17, 15) is 9.90 Å². The number of carboxylic acids is 1. The first-order valence-corrected chi connectivity index (χ1v) is 6.84. The molecule has 3 heteroatoms. The van der Waals surface area contributed by atoms with Crippen LogP contribution >= 0.6 is 0 Å². The average Bonchev–Trinajstić information content (AvgIpc) is 2.74. The highest BCUT2D eigenvalue weighted by molar-refractivity contribution is 5.91. The maximum Gasteiger partial charge on any atom is 0.337 e. The van der Waals surface area contributed by atoms with Crippen LogP contribution in [0.1, 0.15) is 52.5 Å². The predicted octanol–water partition coefficient (Wildman–Crippen LogP) is 3.78. The monoisotopic (exact) mass is 267 g/mol. The van der Waals surface area contributed by atoms with E-state index in [4.69, 9.17) is 0 Å². The Morgan fingerprint density at radius 1 is 1.25 bits per heavy atom. The molecule has 20 heavy (non-hydrogen) atoms. The van der Waals surface area contributed by atoms with E-state index in [1.165, 1.54) is 11.1 Å². The van der Waals surface area contributed by atoms with E-state index in [1.54, 1.807) is 6.07 Å². The van der Waals surface area contributed by atoms with Crippen LogP contribution in [0.4, 0.5) is 0 Å². The van der Waals surface area contributed by atoms with Crippen LogP contribution in [0.2, 0.25) is 0 Å². The van der Waals surface area contributed by atoms with Gasteiger partial charge in [0.15, 0.2) is 0 Å². The van der Waals surface area contributed by atoms with Crippen LogP contribution in [0.25, 0.3) is 11.3 Å². The fourth-order valence-electron chi connectivity index (χ4n) is 2.82. The molecule has 0 radical (unpaired) electrons. The molecule has 1 heterocycles. The van der Waals surface area contributed by atoms with Crippen LogP contribution in [-0.4, -0.2) is 16.1 Å². The highest BCUT2D eigenvalue weighted by atomic mass is 16.4. The molecule has 0 unspecified atom stereocenters. The standard InChI is InChI=1S/C17H17NO2/c1-9(2)15-14(17(19)20)8-12-7-11-5-4-10(3)6-13(11)16(12)18-15/h4-6,8-9H,7H2,1-3H3,(H,19,20). The summed E-state index contributed by atoms with van der Waals surface area (Å²) in [5.41, 5.74) is 6.57. The first-order valence-electron chi connectivity index (χ1n) is 6.84. The van der Waals surface area contributed by atoms with Gasteiger partial charge in [-0.25, -0.2) is 4.79 Å². The second-order valence-electron chi connectivity index (χ2n) is 5.73. The number of rotatable bonds is 2. The van der Waals surface area contributed by atoms with Crippen LogP contribution in [-0.2, 0) is 6.42 Å². The molecular formula is C17H17NO2. The number of aryl methyl sites for hydroxylation is 1. The van der Waals surface area contributed by atoms with Gasteiger partial charge in [-0.1, -0.05) is 31.5 Å². The quantitative estimate of drug-likeness (QED) is 0.768. The second-order valence-corrected chi connectivity index (χ2v) is 5.73. The van der Waals surface area contributed by atoms with Gasteiger partial charge in [0.2, 0.25) is 0 Å². The topological polar surface area (TPSA) is 50.2 Å². The van der Waals surface area contributed by atoms with Gasteiger partial charge in [0, 0.05) is 12.0 Å². The van der Waals surface area contributed by atoms with Crippen molar-refractivity contribution in [3.63, 3.8) is 0 Å². The molecule has 1 N–H and O–H groups in total. The lowest BCUT2D eigenvalue weighted by Crippen LogP contribution is -2.08. The Labute approximate surface area is 118 Å². The summed E-state index contributed by atoms with van der Waals surface area (Å²) in [6, 6.07) is 8.14. The molecular weight excluding hydrogens is 250 g/mol. The van der Waals surface area contributed by atoms with Crippen LogP contribution < -0.4 is 0 Å². The van der Waals surface area contributed by atoms with Gasteiger partial charge in [-0.05, 0) is 36.1 Å². The Morgan fingerprint density at radius 2 is 2.00 bits per heavy atom. The number of hydrogen-bond donors (Lipinski definition) is 1. The third-order valence-corrected chi connectivity index (χ3v) is 3.81. The molecule has 0 atom stereocenters. The zero-order valence-electron chi connectivity index (χ0n) is 11.9. The Bertz CT molecular complexity index is 717. The summed E-state index contributed by atoms with van der Waals surface area (Å²) in [5, 5.41) is 9.37. The smallest absolute Gasteiger partial charge is 0.337 e. The molecule has 1 aromatic heterocycles. The average molecular weight is 267 g/mol.